The van der Waals surface area contributed by atoms with Gasteiger partial charge in [0, 0.05) is 0 Å². The number of hydrogen-bond acceptors (Lipinski definition) is 4. The highest BCUT2D eigenvalue weighted by Crippen LogP contribution is 2.25. The van der Waals surface area contributed by atoms with E-state index in [9.17, 15) is 4.79 Å². The van der Waals surface area contributed by atoms with E-state index in [-0.39, 0.29) is 16.0 Å². The molecular formula is C13H12Cl2N4O. The Balaban J connectivity index is 2.05. The number of carbonyl (C=O) groups is 1. The minimum absolute atomic E-state index is 0.0743. The quantitative estimate of drug-likeness (QED) is 0.849. The van der Waals surface area contributed by atoms with Gasteiger partial charge in [0.2, 0.25) is 5.91 Å². The summed E-state index contributed by atoms with van der Waals surface area (Å²) in [6.45, 7) is 0. The maximum absolute atomic E-state index is 12.0. The normalized spacial score (nSPS) is 11.9. The topological polar surface area (TPSA) is 80.9 Å². The summed E-state index contributed by atoms with van der Waals surface area (Å²) in [5, 5.41) is 2.69. The molecule has 0 radical (unpaired) electrons. The Morgan fingerprint density at radius 2 is 1.80 bits per heavy atom. The van der Waals surface area contributed by atoms with E-state index in [0.29, 0.717) is 6.42 Å². The Bertz CT molecular complexity index is 586. The number of carbonyl (C=O) groups excluding carboxylic acids is 1. The van der Waals surface area contributed by atoms with Crippen molar-refractivity contribution in [3.8, 4) is 0 Å². The van der Waals surface area contributed by atoms with E-state index in [0.717, 1.165) is 5.56 Å². The van der Waals surface area contributed by atoms with Crippen LogP contribution < -0.4 is 11.1 Å². The Morgan fingerprint density at radius 3 is 2.40 bits per heavy atom. The molecule has 0 spiro atoms. The van der Waals surface area contributed by atoms with Gasteiger partial charge in [0.1, 0.15) is 12.0 Å². The van der Waals surface area contributed by atoms with Crippen LogP contribution in [0.5, 0.6) is 0 Å². The largest absolute Gasteiger partial charge is 0.320 e. The zero-order valence-corrected chi connectivity index (χ0v) is 11.9. The van der Waals surface area contributed by atoms with Crippen molar-refractivity contribution in [3.05, 3.63) is 52.5 Å². The average Bonchev–Trinajstić information content (AvgIpc) is 2.44. The molecule has 0 saturated heterocycles. The van der Waals surface area contributed by atoms with Crippen molar-refractivity contribution in [1.29, 1.82) is 0 Å². The Morgan fingerprint density at radius 1 is 1.20 bits per heavy atom. The molecule has 1 heterocycles. The first kappa shape index (κ1) is 14.7. The number of hydrogen-bond donors (Lipinski definition) is 2. The summed E-state index contributed by atoms with van der Waals surface area (Å²) in [5.74, 6) is -0.396. The Hall–Kier alpha value is -1.69. The maximum Gasteiger partial charge on any atom is 0.241 e. The van der Waals surface area contributed by atoms with E-state index < -0.39 is 11.9 Å². The molecule has 3 N–H and O–H groups in total. The number of rotatable bonds is 4. The first-order valence-corrected chi connectivity index (χ1v) is 6.60. The summed E-state index contributed by atoms with van der Waals surface area (Å²) in [6.07, 6.45) is 1.62. The molecule has 0 aliphatic carbocycles. The molecule has 0 fully saturated rings. The van der Waals surface area contributed by atoms with Crippen LogP contribution in [0.1, 0.15) is 5.56 Å². The van der Waals surface area contributed by atoms with E-state index in [4.69, 9.17) is 28.9 Å². The van der Waals surface area contributed by atoms with Crippen molar-refractivity contribution in [1.82, 2.24) is 9.97 Å². The lowest BCUT2D eigenvalue weighted by atomic mass is 10.1. The molecule has 2 aromatic rings. The number of aromatic nitrogens is 2. The van der Waals surface area contributed by atoms with Crippen molar-refractivity contribution >= 4 is 34.8 Å². The summed E-state index contributed by atoms with van der Waals surface area (Å²) in [7, 11) is 0. The third-order valence-electron chi connectivity index (χ3n) is 2.64. The van der Waals surface area contributed by atoms with E-state index in [2.05, 4.69) is 15.3 Å². The number of anilines is 1. The van der Waals surface area contributed by atoms with Crippen molar-refractivity contribution < 1.29 is 4.79 Å². The van der Waals surface area contributed by atoms with Crippen LogP contribution in [0.15, 0.2) is 36.7 Å². The van der Waals surface area contributed by atoms with Gasteiger partial charge < -0.3 is 11.1 Å². The molecule has 104 valence electrons. The fraction of sp³-hybridized carbons (Fsp3) is 0.154. The smallest absolute Gasteiger partial charge is 0.241 e. The van der Waals surface area contributed by atoms with E-state index >= 15 is 0 Å². The highest BCUT2D eigenvalue weighted by atomic mass is 35.5. The van der Waals surface area contributed by atoms with Gasteiger partial charge in [-0.05, 0) is 12.0 Å². The van der Waals surface area contributed by atoms with Crippen LogP contribution >= 0.6 is 23.2 Å². The van der Waals surface area contributed by atoms with Crippen molar-refractivity contribution in [3.63, 3.8) is 0 Å². The van der Waals surface area contributed by atoms with E-state index in [1.807, 2.05) is 30.3 Å². The number of halogens is 2. The second-order valence-electron chi connectivity index (χ2n) is 4.12. The number of benzene rings is 1. The minimum atomic E-state index is -0.718. The van der Waals surface area contributed by atoms with Crippen LogP contribution in [-0.4, -0.2) is 21.9 Å². The SMILES string of the molecule is N[C@H](Cc1ccccc1)C(=O)Nc1c(Cl)ncnc1Cl. The molecule has 2 rings (SSSR count). The highest BCUT2D eigenvalue weighted by Gasteiger charge is 2.18. The molecule has 0 bridgehead atoms. The fourth-order valence-electron chi connectivity index (χ4n) is 1.62. The van der Waals surface area contributed by atoms with Crippen molar-refractivity contribution in [2.24, 2.45) is 5.73 Å². The third-order valence-corrected chi connectivity index (χ3v) is 3.21. The van der Waals surface area contributed by atoms with Gasteiger partial charge in [-0.1, -0.05) is 53.5 Å². The summed E-state index contributed by atoms with van der Waals surface area (Å²) in [5.41, 5.74) is 7.00. The zero-order valence-electron chi connectivity index (χ0n) is 10.4. The standard InChI is InChI=1S/C13H12Cl2N4O/c14-11-10(12(15)18-7-17-11)19-13(20)9(16)6-8-4-2-1-3-5-8/h1-5,7,9H,6,16H2,(H,19,20)/t9-/m1/s1. The zero-order chi connectivity index (χ0) is 14.5. The van der Waals surface area contributed by atoms with Crippen LogP contribution in [0, 0.1) is 0 Å². The van der Waals surface area contributed by atoms with Gasteiger partial charge in [0.15, 0.2) is 10.3 Å². The Labute approximate surface area is 126 Å². The molecule has 1 aromatic heterocycles. The van der Waals surface area contributed by atoms with Crippen LogP contribution in [0.4, 0.5) is 5.69 Å². The summed E-state index contributed by atoms with van der Waals surface area (Å²) in [6, 6.07) is 8.76. The van der Waals surface area contributed by atoms with Crippen LogP contribution in [0.3, 0.4) is 0 Å². The van der Waals surface area contributed by atoms with Gasteiger partial charge in [-0.3, -0.25) is 4.79 Å². The second kappa shape index (κ2) is 6.65. The third kappa shape index (κ3) is 3.66. The minimum Gasteiger partial charge on any atom is -0.320 e. The van der Waals surface area contributed by atoms with E-state index in [1.165, 1.54) is 6.33 Å². The summed E-state index contributed by atoms with van der Waals surface area (Å²) in [4.78, 5) is 19.5. The lowest BCUT2D eigenvalue weighted by molar-refractivity contribution is -0.117. The van der Waals surface area contributed by atoms with Crippen molar-refractivity contribution in [2.45, 2.75) is 12.5 Å². The molecule has 0 unspecified atom stereocenters. The van der Waals surface area contributed by atoms with Gasteiger partial charge in [-0.15, -0.1) is 0 Å². The molecule has 0 saturated carbocycles. The highest BCUT2D eigenvalue weighted by molar-refractivity contribution is 6.38. The Kier molecular flexibility index (Phi) is 4.89. The van der Waals surface area contributed by atoms with E-state index in [1.54, 1.807) is 0 Å². The van der Waals surface area contributed by atoms with Crippen LogP contribution in [0.2, 0.25) is 10.3 Å². The van der Waals surface area contributed by atoms with Gasteiger partial charge in [-0.25, -0.2) is 9.97 Å². The van der Waals surface area contributed by atoms with Gasteiger partial charge >= 0.3 is 0 Å². The van der Waals surface area contributed by atoms with Crippen LogP contribution in [-0.2, 0) is 11.2 Å². The fourth-order valence-corrected chi connectivity index (χ4v) is 2.03. The number of nitrogens with two attached hydrogens (primary N) is 1. The molecule has 7 heteroatoms. The van der Waals surface area contributed by atoms with Crippen molar-refractivity contribution in [2.75, 3.05) is 5.32 Å². The maximum atomic E-state index is 12.0. The molecule has 1 atom stereocenters. The molecule has 20 heavy (non-hydrogen) atoms. The van der Waals surface area contributed by atoms with Gasteiger partial charge in [-0.2, -0.15) is 0 Å². The van der Waals surface area contributed by atoms with Gasteiger partial charge in [0.25, 0.3) is 0 Å². The molecule has 5 nitrogen and oxygen atoms in total. The summed E-state index contributed by atoms with van der Waals surface area (Å²) < 4.78 is 0. The predicted molar refractivity (Wildman–Crippen MR) is 78.8 cm³/mol. The number of nitrogens with one attached hydrogen (secondary N) is 1. The molecule has 1 amide bonds. The number of nitrogens with zero attached hydrogens (tertiary/aromatic N) is 2. The summed E-state index contributed by atoms with van der Waals surface area (Å²) >= 11 is 11.7. The molecular weight excluding hydrogens is 299 g/mol. The second-order valence-corrected chi connectivity index (χ2v) is 4.83. The lowest BCUT2D eigenvalue weighted by Crippen LogP contribution is -2.37. The average molecular weight is 311 g/mol. The van der Waals surface area contributed by atoms with Crippen LogP contribution in [0.25, 0.3) is 0 Å². The van der Waals surface area contributed by atoms with Gasteiger partial charge in [0.05, 0.1) is 6.04 Å². The molecule has 0 aliphatic heterocycles. The first-order valence-electron chi connectivity index (χ1n) is 5.84. The predicted octanol–water partition coefficient (Wildman–Crippen LogP) is 2.29. The molecule has 1 aromatic carbocycles. The lowest BCUT2D eigenvalue weighted by Gasteiger charge is -2.13. The molecule has 0 aliphatic rings. The number of amides is 1. The first-order chi connectivity index (χ1) is 9.58. The monoisotopic (exact) mass is 310 g/mol.